The van der Waals surface area contributed by atoms with Crippen molar-refractivity contribution in [3.05, 3.63) is 56.7 Å². The SMILES string of the molecule is CN(Cc1ccc(Br)s1)C(=O)CN(C)C(=O)c1ccccc1. The highest BCUT2D eigenvalue weighted by atomic mass is 79.9. The van der Waals surface area contributed by atoms with Gasteiger partial charge >= 0.3 is 0 Å². The fourth-order valence-corrected chi connectivity index (χ4v) is 3.49. The smallest absolute Gasteiger partial charge is 0.254 e. The van der Waals surface area contributed by atoms with E-state index in [2.05, 4.69) is 15.9 Å². The fraction of sp³-hybridized carbons (Fsp3) is 0.250. The lowest BCUT2D eigenvalue weighted by atomic mass is 10.2. The second kappa shape index (κ2) is 7.56. The molecule has 0 radical (unpaired) electrons. The number of nitrogens with zero attached hydrogens (tertiary/aromatic N) is 2. The summed E-state index contributed by atoms with van der Waals surface area (Å²) in [7, 11) is 3.39. The first kappa shape index (κ1) is 16.7. The number of hydrogen-bond acceptors (Lipinski definition) is 3. The Balaban J connectivity index is 1.91. The molecule has 0 spiro atoms. The topological polar surface area (TPSA) is 40.6 Å². The Labute approximate surface area is 142 Å². The summed E-state index contributed by atoms with van der Waals surface area (Å²) in [4.78, 5) is 28.6. The standard InChI is InChI=1S/C16H17BrN2O2S/c1-18(10-13-8-9-14(17)22-13)15(20)11-19(2)16(21)12-6-4-3-5-7-12/h3-9H,10-11H2,1-2H3. The lowest BCUT2D eigenvalue weighted by Gasteiger charge is -2.21. The molecule has 0 saturated carbocycles. The summed E-state index contributed by atoms with van der Waals surface area (Å²) < 4.78 is 1.04. The summed E-state index contributed by atoms with van der Waals surface area (Å²) in [5.74, 6) is -0.238. The van der Waals surface area contributed by atoms with E-state index in [0.29, 0.717) is 12.1 Å². The third kappa shape index (κ3) is 4.42. The Morgan fingerprint density at radius 1 is 1.05 bits per heavy atom. The van der Waals surface area contributed by atoms with Gasteiger partial charge in [0.25, 0.3) is 5.91 Å². The molecule has 1 aromatic heterocycles. The molecule has 0 fully saturated rings. The lowest BCUT2D eigenvalue weighted by molar-refractivity contribution is -0.130. The first-order valence-electron chi connectivity index (χ1n) is 6.76. The fourth-order valence-electron chi connectivity index (χ4n) is 1.96. The van der Waals surface area contributed by atoms with Crippen LogP contribution in [0, 0.1) is 0 Å². The molecule has 2 rings (SSSR count). The van der Waals surface area contributed by atoms with Crippen molar-refractivity contribution in [2.45, 2.75) is 6.54 Å². The van der Waals surface area contributed by atoms with E-state index in [1.54, 1.807) is 42.5 Å². The molecule has 0 N–H and O–H groups in total. The van der Waals surface area contributed by atoms with Gasteiger partial charge in [-0.25, -0.2) is 0 Å². The van der Waals surface area contributed by atoms with Crippen LogP contribution in [0.2, 0.25) is 0 Å². The van der Waals surface area contributed by atoms with E-state index in [1.807, 2.05) is 30.3 Å². The van der Waals surface area contributed by atoms with E-state index in [-0.39, 0.29) is 18.4 Å². The maximum absolute atomic E-state index is 12.2. The third-order valence-corrected chi connectivity index (χ3v) is 4.80. The molecule has 1 aromatic carbocycles. The predicted octanol–water partition coefficient (Wildman–Crippen LogP) is 3.24. The summed E-state index contributed by atoms with van der Waals surface area (Å²) in [6.45, 7) is 0.610. The number of benzene rings is 1. The van der Waals surface area contributed by atoms with E-state index >= 15 is 0 Å². The predicted molar refractivity (Wildman–Crippen MR) is 91.9 cm³/mol. The van der Waals surface area contributed by atoms with Gasteiger partial charge in [-0.2, -0.15) is 0 Å². The third-order valence-electron chi connectivity index (χ3n) is 3.19. The van der Waals surface area contributed by atoms with Crippen molar-refractivity contribution in [2.24, 2.45) is 0 Å². The molecule has 0 bridgehead atoms. The number of thiophene rings is 1. The molecule has 0 unspecified atom stereocenters. The van der Waals surface area contributed by atoms with Crippen molar-refractivity contribution in [1.82, 2.24) is 9.80 Å². The summed E-state index contributed by atoms with van der Waals surface area (Å²) in [5.41, 5.74) is 0.586. The molecular weight excluding hydrogens is 364 g/mol. The highest BCUT2D eigenvalue weighted by Crippen LogP contribution is 2.23. The van der Waals surface area contributed by atoms with Crippen molar-refractivity contribution in [3.8, 4) is 0 Å². The van der Waals surface area contributed by atoms with Crippen LogP contribution in [0.4, 0.5) is 0 Å². The average molecular weight is 381 g/mol. The van der Waals surface area contributed by atoms with Gasteiger partial charge in [-0.3, -0.25) is 9.59 Å². The van der Waals surface area contributed by atoms with Crippen molar-refractivity contribution >= 4 is 39.1 Å². The zero-order valence-electron chi connectivity index (χ0n) is 12.5. The number of carbonyl (C=O) groups excluding carboxylic acids is 2. The van der Waals surface area contributed by atoms with Crippen molar-refractivity contribution in [1.29, 1.82) is 0 Å². The van der Waals surface area contributed by atoms with Gasteiger partial charge in [0, 0.05) is 24.5 Å². The maximum atomic E-state index is 12.2. The summed E-state index contributed by atoms with van der Waals surface area (Å²) in [6, 6.07) is 12.9. The number of carbonyl (C=O) groups is 2. The van der Waals surface area contributed by atoms with Crippen molar-refractivity contribution < 1.29 is 9.59 Å². The monoisotopic (exact) mass is 380 g/mol. The van der Waals surface area contributed by atoms with Crippen LogP contribution in [0.15, 0.2) is 46.3 Å². The molecule has 22 heavy (non-hydrogen) atoms. The number of likely N-dealkylation sites (N-methyl/N-ethyl adjacent to an activating group) is 2. The molecule has 4 nitrogen and oxygen atoms in total. The molecule has 2 amide bonds. The summed E-state index contributed by atoms with van der Waals surface area (Å²) in [5, 5.41) is 0. The first-order chi connectivity index (χ1) is 10.5. The van der Waals surface area contributed by atoms with Crippen LogP contribution >= 0.6 is 27.3 Å². The van der Waals surface area contributed by atoms with Gasteiger partial charge in [0.1, 0.15) is 0 Å². The quantitative estimate of drug-likeness (QED) is 0.798. The molecule has 1 heterocycles. The molecule has 2 aromatic rings. The van der Waals surface area contributed by atoms with Crippen LogP contribution in [0.25, 0.3) is 0 Å². The van der Waals surface area contributed by atoms with E-state index in [0.717, 1.165) is 8.66 Å². The lowest BCUT2D eigenvalue weighted by Crippen LogP contribution is -2.39. The van der Waals surface area contributed by atoms with Gasteiger partial charge < -0.3 is 9.80 Å². The van der Waals surface area contributed by atoms with Crippen molar-refractivity contribution in [3.63, 3.8) is 0 Å². The van der Waals surface area contributed by atoms with E-state index in [4.69, 9.17) is 0 Å². The van der Waals surface area contributed by atoms with Gasteiger partial charge in [0.05, 0.1) is 16.9 Å². The molecular formula is C16H17BrN2O2S. The van der Waals surface area contributed by atoms with Gasteiger partial charge in [0.2, 0.25) is 5.91 Å². The zero-order valence-corrected chi connectivity index (χ0v) is 14.9. The largest absolute Gasteiger partial charge is 0.339 e. The number of halogens is 1. The highest BCUT2D eigenvalue weighted by molar-refractivity contribution is 9.11. The van der Waals surface area contributed by atoms with E-state index in [9.17, 15) is 9.59 Å². The molecule has 0 saturated heterocycles. The minimum atomic E-state index is -0.152. The highest BCUT2D eigenvalue weighted by Gasteiger charge is 2.17. The average Bonchev–Trinajstić information content (AvgIpc) is 2.92. The second-order valence-electron chi connectivity index (χ2n) is 4.98. The summed E-state index contributed by atoms with van der Waals surface area (Å²) in [6.07, 6.45) is 0. The van der Waals surface area contributed by atoms with Gasteiger partial charge in [-0.15, -0.1) is 11.3 Å². The minimum Gasteiger partial charge on any atom is -0.339 e. The van der Waals surface area contributed by atoms with Crippen LogP contribution in [-0.4, -0.2) is 42.3 Å². The number of hydrogen-bond donors (Lipinski definition) is 0. The molecule has 116 valence electrons. The molecule has 6 heteroatoms. The Bertz CT molecular complexity index is 657. The maximum Gasteiger partial charge on any atom is 0.254 e. The van der Waals surface area contributed by atoms with Crippen LogP contribution in [0.5, 0.6) is 0 Å². The van der Waals surface area contributed by atoms with Crippen molar-refractivity contribution in [2.75, 3.05) is 20.6 Å². The molecule has 0 aliphatic carbocycles. The number of rotatable bonds is 5. The van der Waals surface area contributed by atoms with Crippen LogP contribution in [0.3, 0.4) is 0 Å². The van der Waals surface area contributed by atoms with E-state index < -0.39 is 0 Å². The van der Waals surface area contributed by atoms with Gasteiger partial charge in [-0.1, -0.05) is 18.2 Å². The normalized spacial score (nSPS) is 10.3. The van der Waals surface area contributed by atoms with Gasteiger partial charge in [-0.05, 0) is 40.2 Å². The second-order valence-corrected chi connectivity index (χ2v) is 7.53. The zero-order chi connectivity index (χ0) is 16.1. The van der Waals surface area contributed by atoms with Crippen LogP contribution in [-0.2, 0) is 11.3 Å². The Morgan fingerprint density at radius 3 is 2.32 bits per heavy atom. The Kier molecular flexibility index (Phi) is 5.74. The first-order valence-corrected chi connectivity index (χ1v) is 8.37. The van der Waals surface area contributed by atoms with E-state index in [1.165, 1.54) is 4.90 Å². The summed E-state index contributed by atoms with van der Waals surface area (Å²) >= 11 is 5.00. The molecule has 0 atom stereocenters. The Morgan fingerprint density at radius 2 is 1.73 bits per heavy atom. The van der Waals surface area contributed by atoms with Crippen LogP contribution in [0.1, 0.15) is 15.2 Å². The minimum absolute atomic E-state index is 0.0662. The molecule has 0 aliphatic heterocycles. The van der Waals surface area contributed by atoms with Gasteiger partial charge in [0.15, 0.2) is 0 Å². The molecule has 0 aliphatic rings. The van der Waals surface area contributed by atoms with Crippen LogP contribution < -0.4 is 0 Å². The number of amides is 2. The Hall–Kier alpha value is -1.66.